The van der Waals surface area contributed by atoms with Crippen LogP contribution in [0.1, 0.15) is 17.5 Å². The molecular weight excluding hydrogens is 262 g/mol. The molecule has 108 valence electrons. The van der Waals surface area contributed by atoms with Crippen molar-refractivity contribution in [3.8, 4) is 0 Å². The van der Waals surface area contributed by atoms with E-state index in [-0.39, 0.29) is 18.2 Å². The summed E-state index contributed by atoms with van der Waals surface area (Å²) < 4.78 is 0. The van der Waals surface area contributed by atoms with Crippen LogP contribution in [0.4, 0.5) is 0 Å². The number of carbonyl (C=O) groups is 1. The SMILES string of the molecule is N=C(N)CC(=O)N(Cc1ccccc1)Cc1ccccc1. The van der Waals surface area contributed by atoms with Gasteiger partial charge < -0.3 is 10.6 Å². The second-order valence-electron chi connectivity index (χ2n) is 4.92. The standard InChI is InChI=1S/C17H19N3O/c18-16(19)11-17(21)20(12-14-7-3-1-4-8-14)13-15-9-5-2-6-10-15/h1-10H,11-13H2,(H3,18,19). The zero-order valence-corrected chi connectivity index (χ0v) is 11.8. The summed E-state index contributed by atoms with van der Waals surface area (Å²) in [6, 6.07) is 19.6. The first kappa shape index (κ1) is 14.8. The van der Waals surface area contributed by atoms with E-state index in [9.17, 15) is 4.79 Å². The summed E-state index contributed by atoms with van der Waals surface area (Å²) in [6.45, 7) is 1.03. The van der Waals surface area contributed by atoms with Gasteiger partial charge in [0.1, 0.15) is 0 Å². The molecule has 0 atom stereocenters. The van der Waals surface area contributed by atoms with E-state index in [1.54, 1.807) is 4.90 Å². The Bertz CT molecular complexity index is 554. The third kappa shape index (κ3) is 4.76. The molecular formula is C17H19N3O. The largest absolute Gasteiger partial charge is 0.387 e. The Hall–Kier alpha value is -2.62. The van der Waals surface area contributed by atoms with Gasteiger partial charge in [0.25, 0.3) is 0 Å². The minimum Gasteiger partial charge on any atom is -0.387 e. The summed E-state index contributed by atoms with van der Waals surface area (Å²) in [6.07, 6.45) is -0.0420. The highest BCUT2D eigenvalue weighted by Gasteiger charge is 2.15. The van der Waals surface area contributed by atoms with Gasteiger partial charge in [-0.25, -0.2) is 0 Å². The van der Waals surface area contributed by atoms with Gasteiger partial charge in [-0.3, -0.25) is 10.2 Å². The van der Waals surface area contributed by atoms with E-state index < -0.39 is 0 Å². The Morgan fingerprint density at radius 3 is 1.71 bits per heavy atom. The molecule has 0 fully saturated rings. The zero-order chi connectivity index (χ0) is 15.1. The van der Waals surface area contributed by atoms with Gasteiger partial charge in [-0.1, -0.05) is 60.7 Å². The van der Waals surface area contributed by atoms with Crippen molar-refractivity contribution < 1.29 is 4.79 Å². The summed E-state index contributed by atoms with van der Waals surface area (Å²) >= 11 is 0. The normalized spacial score (nSPS) is 10.1. The Morgan fingerprint density at radius 2 is 1.33 bits per heavy atom. The predicted octanol–water partition coefficient (Wildman–Crippen LogP) is 2.54. The van der Waals surface area contributed by atoms with Gasteiger partial charge in [-0.15, -0.1) is 0 Å². The van der Waals surface area contributed by atoms with Crippen molar-refractivity contribution in [3.63, 3.8) is 0 Å². The number of amidine groups is 1. The molecule has 3 N–H and O–H groups in total. The molecule has 4 heteroatoms. The zero-order valence-electron chi connectivity index (χ0n) is 11.8. The molecule has 0 heterocycles. The number of carbonyl (C=O) groups excluding carboxylic acids is 1. The first-order valence-corrected chi connectivity index (χ1v) is 6.83. The number of hydrogen-bond donors (Lipinski definition) is 2. The molecule has 0 aliphatic heterocycles. The molecule has 4 nitrogen and oxygen atoms in total. The fourth-order valence-corrected chi connectivity index (χ4v) is 2.11. The topological polar surface area (TPSA) is 70.2 Å². The van der Waals surface area contributed by atoms with Crippen LogP contribution < -0.4 is 5.73 Å². The number of rotatable bonds is 6. The van der Waals surface area contributed by atoms with Crippen molar-refractivity contribution in [1.82, 2.24) is 4.90 Å². The highest BCUT2D eigenvalue weighted by molar-refractivity contribution is 5.97. The molecule has 21 heavy (non-hydrogen) atoms. The van der Waals surface area contributed by atoms with Crippen LogP contribution in [-0.2, 0) is 17.9 Å². The second-order valence-corrected chi connectivity index (χ2v) is 4.92. The van der Waals surface area contributed by atoms with Crippen LogP contribution in [0.15, 0.2) is 60.7 Å². The van der Waals surface area contributed by atoms with Gasteiger partial charge >= 0.3 is 0 Å². The number of nitrogens with zero attached hydrogens (tertiary/aromatic N) is 1. The van der Waals surface area contributed by atoms with E-state index in [0.717, 1.165) is 11.1 Å². The lowest BCUT2D eigenvalue weighted by Gasteiger charge is -2.23. The van der Waals surface area contributed by atoms with E-state index in [0.29, 0.717) is 13.1 Å². The molecule has 2 aromatic carbocycles. The molecule has 0 spiro atoms. The number of hydrogen-bond acceptors (Lipinski definition) is 2. The molecule has 1 amide bonds. The van der Waals surface area contributed by atoms with E-state index in [2.05, 4.69) is 0 Å². The lowest BCUT2D eigenvalue weighted by molar-refractivity contribution is -0.131. The van der Waals surface area contributed by atoms with Crippen LogP contribution in [0.3, 0.4) is 0 Å². The Balaban J connectivity index is 2.13. The molecule has 0 unspecified atom stereocenters. The highest BCUT2D eigenvalue weighted by Crippen LogP contribution is 2.11. The van der Waals surface area contributed by atoms with Crippen LogP contribution in [0.5, 0.6) is 0 Å². The van der Waals surface area contributed by atoms with Gasteiger partial charge in [0.2, 0.25) is 5.91 Å². The summed E-state index contributed by atoms with van der Waals surface area (Å²) in [4.78, 5) is 14.0. The lowest BCUT2D eigenvalue weighted by Crippen LogP contribution is -2.33. The minimum atomic E-state index is -0.129. The smallest absolute Gasteiger partial charge is 0.230 e. The van der Waals surface area contributed by atoms with Gasteiger partial charge in [-0.05, 0) is 11.1 Å². The minimum absolute atomic E-state index is 0.0420. The molecule has 0 saturated carbocycles. The maximum atomic E-state index is 12.3. The highest BCUT2D eigenvalue weighted by atomic mass is 16.2. The summed E-state index contributed by atoms with van der Waals surface area (Å²) in [7, 11) is 0. The molecule has 0 radical (unpaired) electrons. The van der Waals surface area contributed by atoms with Crippen LogP contribution in [0.25, 0.3) is 0 Å². The van der Waals surface area contributed by atoms with Gasteiger partial charge in [-0.2, -0.15) is 0 Å². The molecule has 0 aromatic heterocycles. The maximum Gasteiger partial charge on any atom is 0.230 e. The van der Waals surface area contributed by atoms with E-state index >= 15 is 0 Å². The van der Waals surface area contributed by atoms with Gasteiger partial charge in [0.05, 0.1) is 12.3 Å². The summed E-state index contributed by atoms with van der Waals surface area (Å²) in [5.41, 5.74) is 7.47. The van der Waals surface area contributed by atoms with Crippen molar-refractivity contribution in [2.45, 2.75) is 19.5 Å². The number of nitrogens with two attached hydrogens (primary N) is 1. The first-order chi connectivity index (χ1) is 10.1. The van der Waals surface area contributed by atoms with Crippen LogP contribution in [0.2, 0.25) is 0 Å². The number of amides is 1. The average Bonchev–Trinajstić information content (AvgIpc) is 2.48. The molecule has 0 aliphatic carbocycles. The summed E-state index contributed by atoms with van der Waals surface area (Å²) in [5.74, 6) is -0.235. The lowest BCUT2D eigenvalue weighted by atomic mass is 10.1. The average molecular weight is 281 g/mol. The summed E-state index contributed by atoms with van der Waals surface area (Å²) in [5, 5.41) is 7.31. The van der Waals surface area contributed by atoms with E-state index in [1.165, 1.54) is 0 Å². The van der Waals surface area contributed by atoms with E-state index in [4.69, 9.17) is 11.1 Å². The van der Waals surface area contributed by atoms with Crippen LogP contribution in [-0.4, -0.2) is 16.6 Å². The van der Waals surface area contributed by atoms with Crippen molar-refractivity contribution in [3.05, 3.63) is 71.8 Å². The molecule has 2 aromatic rings. The molecule has 0 aliphatic rings. The first-order valence-electron chi connectivity index (χ1n) is 6.83. The number of nitrogens with one attached hydrogen (secondary N) is 1. The number of benzene rings is 2. The molecule has 0 saturated heterocycles. The monoisotopic (exact) mass is 281 g/mol. The Morgan fingerprint density at radius 1 is 0.905 bits per heavy atom. The van der Waals surface area contributed by atoms with Crippen molar-refractivity contribution in [2.24, 2.45) is 5.73 Å². The van der Waals surface area contributed by atoms with Crippen molar-refractivity contribution in [2.75, 3.05) is 0 Å². The fourth-order valence-electron chi connectivity index (χ4n) is 2.11. The quantitative estimate of drug-likeness (QED) is 0.631. The predicted molar refractivity (Wildman–Crippen MR) is 83.7 cm³/mol. The second kappa shape index (κ2) is 7.24. The van der Waals surface area contributed by atoms with Gasteiger partial charge in [0, 0.05) is 13.1 Å². The maximum absolute atomic E-state index is 12.3. The van der Waals surface area contributed by atoms with Crippen LogP contribution >= 0.6 is 0 Å². The molecule has 0 bridgehead atoms. The third-order valence-electron chi connectivity index (χ3n) is 3.13. The Kier molecular flexibility index (Phi) is 5.10. The Labute approximate surface area is 124 Å². The van der Waals surface area contributed by atoms with Crippen LogP contribution in [0, 0.1) is 5.41 Å². The van der Waals surface area contributed by atoms with E-state index in [1.807, 2.05) is 60.7 Å². The fraction of sp³-hybridized carbons (Fsp3) is 0.176. The molecule has 2 rings (SSSR count). The van der Waals surface area contributed by atoms with Crippen molar-refractivity contribution in [1.29, 1.82) is 5.41 Å². The third-order valence-corrected chi connectivity index (χ3v) is 3.13. The van der Waals surface area contributed by atoms with Crippen molar-refractivity contribution >= 4 is 11.7 Å². The van der Waals surface area contributed by atoms with Gasteiger partial charge in [0.15, 0.2) is 0 Å².